The molecular formula is C35H60N6O7. The molecule has 13 heteroatoms. The fourth-order valence-corrected chi connectivity index (χ4v) is 4.11. The van der Waals surface area contributed by atoms with Gasteiger partial charge in [0.25, 0.3) is 0 Å². The second-order valence-corrected chi connectivity index (χ2v) is 14.6. The number of benzene rings is 1. The molecule has 0 aliphatic carbocycles. The van der Waals surface area contributed by atoms with Gasteiger partial charge in [0.2, 0.25) is 5.96 Å². The predicted molar refractivity (Wildman–Crippen MR) is 189 cm³/mol. The van der Waals surface area contributed by atoms with Crippen molar-refractivity contribution >= 4 is 30.1 Å². The molecule has 4 N–H and O–H groups in total. The number of hydrogen-bond donors (Lipinski definition) is 4. The van der Waals surface area contributed by atoms with Crippen molar-refractivity contribution in [1.82, 2.24) is 20.9 Å². The monoisotopic (exact) mass is 676 g/mol. The lowest BCUT2D eigenvalue weighted by Gasteiger charge is -2.22. The van der Waals surface area contributed by atoms with E-state index in [1.54, 1.807) is 86.6 Å². The predicted octanol–water partition coefficient (Wildman–Crippen LogP) is 6.98. The molecule has 0 aliphatic heterocycles. The highest BCUT2D eigenvalue weighted by Crippen LogP contribution is 2.14. The summed E-state index contributed by atoms with van der Waals surface area (Å²) in [5.41, 5.74) is -1.43. The van der Waals surface area contributed by atoms with E-state index in [4.69, 9.17) is 24.4 Å². The molecule has 0 bridgehead atoms. The maximum absolute atomic E-state index is 12.2. The van der Waals surface area contributed by atoms with Gasteiger partial charge in [-0.2, -0.15) is 0 Å². The topological polar surface area (TPSA) is 164 Å². The van der Waals surface area contributed by atoms with E-state index in [1.165, 1.54) is 0 Å². The van der Waals surface area contributed by atoms with Gasteiger partial charge in [0, 0.05) is 12.1 Å². The first-order valence-electron chi connectivity index (χ1n) is 16.8. The van der Waals surface area contributed by atoms with Gasteiger partial charge in [-0.3, -0.25) is 26.4 Å². The number of ether oxygens (including phenoxy) is 4. The van der Waals surface area contributed by atoms with Crippen LogP contribution < -0.4 is 20.7 Å². The molecule has 272 valence electrons. The molecule has 1 aromatic carbocycles. The summed E-state index contributed by atoms with van der Waals surface area (Å²) in [5.74, 6) is 0.702. The molecule has 1 aromatic rings. The number of amidine groups is 1. The Hall–Kier alpha value is -3.87. The first-order chi connectivity index (χ1) is 22.2. The Bertz CT molecular complexity index is 1150. The molecule has 0 heterocycles. The fourth-order valence-electron chi connectivity index (χ4n) is 4.11. The van der Waals surface area contributed by atoms with Gasteiger partial charge in [-0.25, -0.2) is 14.4 Å². The van der Waals surface area contributed by atoms with Crippen molar-refractivity contribution < 1.29 is 33.3 Å². The first-order valence-corrected chi connectivity index (χ1v) is 16.8. The lowest BCUT2D eigenvalue weighted by atomic mass is 10.1. The Balaban J connectivity index is 2.25. The van der Waals surface area contributed by atoms with Gasteiger partial charge in [-0.05, 0) is 132 Å². The number of alkyl carbamates (subject to hydrolysis) is 3. The Labute approximate surface area is 287 Å². The van der Waals surface area contributed by atoms with Crippen molar-refractivity contribution in [2.75, 3.05) is 33.3 Å². The smallest absolute Gasteiger partial charge is 0.414 e. The minimum atomic E-state index is -0.700. The van der Waals surface area contributed by atoms with Gasteiger partial charge in [0.1, 0.15) is 28.4 Å². The van der Waals surface area contributed by atoms with Gasteiger partial charge in [0.15, 0.2) is 0 Å². The average molecular weight is 677 g/mol. The minimum absolute atomic E-state index is 0.00880. The number of amides is 3. The number of guanidine groups is 1. The molecule has 48 heavy (non-hydrogen) atoms. The molecule has 0 saturated heterocycles. The van der Waals surface area contributed by atoms with Crippen molar-refractivity contribution in [2.45, 2.75) is 124 Å². The third-order valence-electron chi connectivity index (χ3n) is 6.18. The van der Waals surface area contributed by atoms with E-state index in [0.717, 1.165) is 63.8 Å². The van der Waals surface area contributed by atoms with E-state index in [2.05, 4.69) is 32.9 Å². The van der Waals surface area contributed by atoms with Crippen molar-refractivity contribution in [3.8, 4) is 5.75 Å². The van der Waals surface area contributed by atoms with Crippen LogP contribution in [0.5, 0.6) is 5.75 Å². The Kier molecular flexibility index (Phi) is 18.0. The molecule has 3 amide bonds. The summed E-state index contributed by atoms with van der Waals surface area (Å²) >= 11 is 0. The highest BCUT2D eigenvalue weighted by Gasteiger charge is 2.21. The van der Waals surface area contributed by atoms with Crippen LogP contribution in [0.4, 0.5) is 14.4 Å². The number of nitrogens with zero attached hydrogens (tertiary/aromatic N) is 2. The average Bonchev–Trinajstić information content (AvgIpc) is 2.91. The Morgan fingerprint density at radius 2 is 1.10 bits per heavy atom. The highest BCUT2D eigenvalue weighted by atomic mass is 16.6. The van der Waals surface area contributed by atoms with Gasteiger partial charge < -0.3 is 23.8 Å². The second-order valence-electron chi connectivity index (χ2n) is 14.6. The lowest BCUT2D eigenvalue weighted by molar-refractivity contribution is 0.0534. The van der Waals surface area contributed by atoms with Gasteiger partial charge in [-0.15, -0.1) is 0 Å². The summed E-state index contributed by atoms with van der Waals surface area (Å²) < 4.78 is 21.6. The van der Waals surface area contributed by atoms with Crippen molar-refractivity contribution in [3.05, 3.63) is 29.8 Å². The summed E-state index contributed by atoms with van der Waals surface area (Å²) in [7, 11) is 2.13. The number of hydrogen-bond acceptors (Lipinski definition) is 10. The molecule has 0 radical (unpaired) electrons. The van der Waals surface area contributed by atoms with Gasteiger partial charge >= 0.3 is 18.3 Å². The summed E-state index contributed by atoms with van der Waals surface area (Å²) in [4.78, 5) is 43.0. The van der Waals surface area contributed by atoms with Crippen molar-refractivity contribution in [3.63, 3.8) is 0 Å². The molecule has 13 nitrogen and oxygen atoms in total. The van der Waals surface area contributed by atoms with E-state index < -0.39 is 35.1 Å². The molecule has 0 aromatic heterocycles. The Morgan fingerprint density at radius 1 is 0.667 bits per heavy atom. The van der Waals surface area contributed by atoms with Crippen LogP contribution in [0.1, 0.15) is 113 Å². The van der Waals surface area contributed by atoms with E-state index >= 15 is 0 Å². The van der Waals surface area contributed by atoms with E-state index in [9.17, 15) is 14.4 Å². The van der Waals surface area contributed by atoms with Crippen LogP contribution in [0.15, 0.2) is 29.3 Å². The number of rotatable bonds is 15. The van der Waals surface area contributed by atoms with Crippen LogP contribution >= 0.6 is 0 Å². The molecule has 0 atom stereocenters. The summed E-state index contributed by atoms with van der Waals surface area (Å²) in [5, 5.41) is 15.5. The molecule has 0 unspecified atom stereocenters. The quantitative estimate of drug-likeness (QED) is 0.0669. The molecule has 0 saturated carbocycles. The summed E-state index contributed by atoms with van der Waals surface area (Å²) in [6.45, 7) is 18.9. The third kappa shape index (κ3) is 22.6. The number of carbonyl (C=O) groups is 3. The van der Waals surface area contributed by atoms with E-state index in [0.29, 0.717) is 18.7 Å². The Morgan fingerprint density at radius 3 is 1.60 bits per heavy atom. The van der Waals surface area contributed by atoms with Crippen LogP contribution in [-0.4, -0.2) is 85.1 Å². The molecular weight excluding hydrogens is 616 g/mol. The normalized spacial score (nSPS) is 11.7. The van der Waals surface area contributed by atoms with Crippen molar-refractivity contribution in [1.29, 1.82) is 5.41 Å². The summed E-state index contributed by atoms with van der Waals surface area (Å²) in [6.07, 6.45) is 4.98. The maximum atomic E-state index is 12.2. The van der Waals surface area contributed by atoms with Gasteiger partial charge in [-0.1, -0.05) is 19.3 Å². The van der Waals surface area contributed by atoms with Crippen LogP contribution in [0.3, 0.4) is 0 Å². The van der Waals surface area contributed by atoms with Crippen LogP contribution in [0.25, 0.3) is 0 Å². The van der Waals surface area contributed by atoms with Crippen molar-refractivity contribution in [2.24, 2.45) is 4.99 Å². The van der Waals surface area contributed by atoms with Crippen LogP contribution in [0, 0.1) is 5.41 Å². The van der Waals surface area contributed by atoms with E-state index in [1.807, 2.05) is 0 Å². The SMILES string of the molecule is CN(CCCCCCCN=C(NC(=O)OC(C)(C)C)NC(=O)OC(C)(C)C)CCCCOc1ccc(C(=N)NC(=O)OC(C)(C)C)cc1. The van der Waals surface area contributed by atoms with Gasteiger partial charge in [0.05, 0.1) is 6.61 Å². The maximum Gasteiger partial charge on any atom is 0.414 e. The van der Waals surface area contributed by atoms with E-state index in [-0.39, 0.29) is 11.8 Å². The number of nitrogens with one attached hydrogen (secondary N) is 4. The lowest BCUT2D eigenvalue weighted by Crippen LogP contribution is -2.47. The zero-order valence-corrected chi connectivity index (χ0v) is 30.8. The minimum Gasteiger partial charge on any atom is -0.494 e. The van der Waals surface area contributed by atoms with Crippen LogP contribution in [0.2, 0.25) is 0 Å². The molecule has 0 aliphatic rings. The summed E-state index contributed by atoms with van der Waals surface area (Å²) in [6, 6.07) is 7.06. The number of aliphatic imine (C=N–C) groups is 1. The highest BCUT2D eigenvalue weighted by molar-refractivity contribution is 6.04. The second kappa shape index (κ2) is 20.5. The first kappa shape index (κ1) is 42.2. The molecule has 1 rings (SSSR count). The zero-order valence-electron chi connectivity index (χ0n) is 30.8. The zero-order chi connectivity index (χ0) is 36.4. The number of carbonyl (C=O) groups excluding carboxylic acids is 3. The number of unbranched alkanes of at least 4 members (excludes halogenated alkanes) is 5. The standard InChI is InChI=1S/C35H60N6O7/c1-33(2,3)46-30(42)38-28(36)26-18-20-27(21-19-26)45-25-17-16-24-41(10)23-15-13-11-12-14-22-37-29(39-31(43)47-34(4,5)6)40-32(44)48-35(7,8)9/h18-21H,11-17,22-25H2,1-10H3,(H2,36,38,42)(H2,37,39,40,43,44). The van der Waals surface area contributed by atoms with Crippen LogP contribution in [-0.2, 0) is 14.2 Å². The fraction of sp³-hybridized carbons (Fsp3) is 0.686. The third-order valence-corrected chi connectivity index (χ3v) is 6.18. The largest absolute Gasteiger partial charge is 0.494 e. The molecule has 0 fully saturated rings. The molecule has 0 spiro atoms.